The zero-order valence-corrected chi connectivity index (χ0v) is 14.3. The van der Waals surface area contributed by atoms with Gasteiger partial charge in [-0.25, -0.2) is 4.39 Å². The predicted molar refractivity (Wildman–Crippen MR) is 91.4 cm³/mol. The fourth-order valence-corrected chi connectivity index (χ4v) is 3.92. The van der Waals surface area contributed by atoms with E-state index in [1.54, 1.807) is 21.9 Å². The monoisotopic (exact) mass is 354 g/mol. The number of rotatable bonds is 3. The van der Waals surface area contributed by atoms with Crippen molar-refractivity contribution >= 4 is 11.8 Å². The van der Waals surface area contributed by atoms with Crippen LogP contribution >= 0.6 is 0 Å². The van der Waals surface area contributed by atoms with E-state index in [4.69, 9.17) is 0 Å². The first-order valence-electron chi connectivity index (χ1n) is 8.67. The third kappa shape index (κ3) is 2.94. The van der Waals surface area contributed by atoms with E-state index < -0.39 is 5.41 Å². The molecule has 1 atom stereocenters. The second kappa shape index (κ2) is 6.48. The number of amides is 2. The van der Waals surface area contributed by atoms with Crippen LogP contribution in [0.4, 0.5) is 4.39 Å². The third-order valence-electron chi connectivity index (χ3n) is 5.34. The first-order chi connectivity index (χ1) is 12.6. The highest BCUT2D eigenvalue weighted by Gasteiger charge is 2.51. The van der Waals surface area contributed by atoms with Crippen molar-refractivity contribution in [1.82, 2.24) is 20.0 Å². The molecule has 1 aromatic carbocycles. The van der Waals surface area contributed by atoms with Crippen molar-refractivity contribution in [2.75, 3.05) is 19.6 Å². The van der Waals surface area contributed by atoms with Gasteiger partial charge in [0.25, 0.3) is 5.91 Å². The second-order valence-electron chi connectivity index (χ2n) is 6.99. The minimum absolute atomic E-state index is 0.0601. The van der Waals surface area contributed by atoms with Gasteiger partial charge in [-0.15, -0.1) is 0 Å². The van der Waals surface area contributed by atoms with Gasteiger partial charge in [-0.05, 0) is 36.6 Å². The topological polar surface area (TPSA) is 66.4 Å². The van der Waals surface area contributed by atoms with Gasteiger partial charge in [0.15, 0.2) is 0 Å². The largest absolute Gasteiger partial charge is 0.338 e. The zero-order valence-electron chi connectivity index (χ0n) is 14.3. The number of carbonyl (C=O) groups excluding carboxylic acids is 2. The molecule has 2 aliphatic heterocycles. The van der Waals surface area contributed by atoms with E-state index in [0.29, 0.717) is 38.2 Å². The summed E-state index contributed by atoms with van der Waals surface area (Å²) < 4.78 is 13.4. The van der Waals surface area contributed by atoms with Gasteiger partial charge >= 0.3 is 0 Å². The Morgan fingerprint density at radius 2 is 2.04 bits per heavy atom. The first kappa shape index (κ1) is 16.6. The molecule has 0 saturated carbocycles. The summed E-state index contributed by atoms with van der Waals surface area (Å²) in [4.78, 5) is 29.1. The van der Waals surface area contributed by atoms with Crippen LogP contribution in [0.5, 0.6) is 0 Å². The molecule has 134 valence electrons. The van der Waals surface area contributed by atoms with Crippen LogP contribution in [0.25, 0.3) is 0 Å². The Kier molecular flexibility index (Phi) is 4.14. The van der Waals surface area contributed by atoms with Crippen LogP contribution in [0.2, 0.25) is 0 Å². The summed E-state index contributed by atoms with van der Waals surface area (Å²) in [5.41, 5.74) is 0.756. The minimum Gasteiger partial charge on any atom is -0.338 e. The lowest BCUT2D eigenvalue weighted by Crippen LogP contribution is -2.38. The molecule has 7 heteroatoms. The van der Waals surface area contributed by atoms with Crippen LogP contribution in [0.3, 0.4) is 0 Å². The standard InChI is InChI=1S/C19H19FN4O2/c20-16-3-1-2-14(10-16)12-23-8-5-19(18(23)26)6-9-24(13-19)17(25)15-4-7-21-22-11-15/h1-4,7,10-11H,5-6,8-9,12-13H2/t19-/m0/s1. The first-order valence-corrected chi connectivity index (χ1v) is 8.67. The normalized spacial score (nSPS) is 22.4. The maximum Gasteiger partial charge on any atom is 0.255 e. The van der Waals surface area contributed by atoms with Crippen LogP contribution in [0, 0.1) is 11.2 Å². The molecule has 2 saturated heterocycles. The maximum atomic E-state index is 13.4. The number of hydrogen-bond donors (Lipinski definition) is 0. The van der Waals surface area contributed by atoms with Crippen molar-refractivity contribution in [1.29, 1.82) is 0 Å². The average molecular weight is 354 g/mol. The molecule has 2 aromatic rings. The summed E-state index contributed by atoms with van der Waals surface area (Å²) in [6.45, 7) is 2.02. The van der Waals surface area contributed by atoms with Gasteiger partial charge in [0.2, 0.25) is 5.91 Å². The Bertz CT molecular complexity index is 844. The number of nitrogens with zero attached hydrogens (tertiary/aromatic N) is 4. The van der Waals surface area contributed by atoms with Crippen molar-refractivity contribution < 1.29 is 14.0 Å². The van der Waals surface area contributed by atoms with Gasteiger partial charge in [-0.1, -0.05) is 12.1 Å². The van der Waals surface area contributed by atoms with E-state index in [2.05, 4.69) is 10.2 Å². The molecule has 3 heterocycles. The van der Waals surface area contributed by atoms with E-state index in [1.807, 2.05) is 6.07 Å². The van der Waals surface area contributed by atoms with Crippen molar-refractivity contribution in [2.24, 2.45) is 5.41 Å². The molecular formula is C19H19FN4O2. The molecule has 0 bridgehead atoms. The van der Waals surface area contributed by atoms with E-state index >= 15 is 0 Å². The molecule has 2 aliphatic rings. The van der Waals surface area contributed by atoms with Crippen LogP contribution in [0.1, 0.15) is 28.8 Å². The Hall–Kier alpha value is -2.83. The summed E-state index contributed by atoms with van der Waals surface area (Å²) >= 11 is 0. The molecule has 0 radical (unpaired) electrons. The fourth-order valence-electron chi connectivity index (χ4n) is 3.92. The fraction of sp³-hybridized carbons (Fsp3) is 0.368. The van der Waals surface area contributed by atoms with Crippen molar-refractivity contribution in [3.8, 4) is 0 Å². The van der Waals surface area contributed by atoms with Crippen LogP contribution in [-0.4, -0.2) is 51.4 Å². The third-order valence-corrected chi connectivity index (χ3v) is 5.34. The molecule has 0 aliphatic carbocycles. The highest BCUT2D eigenvalue weighted by molar-refractivity contribution is 5.95. The summed E-state index contributed by atoms with van der Waals surface area (Å²) in [6.07, 6.45) is 4.32. The van der Waals surface area contributed by atoms with Gasteiger partial charge < -0.3 is 9.80 Å². The van der Waals surface area contributed by atoms with Gasteiger partial charge in [0, 0.05) is 26.2 Å². The summed E-state index contributed by atoms with van der Waals surface area (Å²) in [5, 5.41) is 7.43. The molecular weight excluding hydrogens is 335 g/mol. The molecule has 2 fully saturated rings. The zero-order chi connectivity index (χ0) is 18.1. The Morgan fingerprint density at radius 3 is 2.81 bits per heavy atom. The minimum atomic E-state index is -0.510. The molecule has 1 spiro atoms. The Labute approximate surface area is 150 Å². The van der Waals surface area contributed by atoms with E-state index in [1.165, 1.54) is 24.5 Å². The molecule has 1 aromatic heterocycles. The molecule has 2 amide bonds. The van der Waals surface area contributed by atoms with Gasteiger partial charge in [0.05, 0.1) is 23.4 Å². The summed E-state index contributed by atoms with van der Waals surface area (Å²) in [6, 6.07) is 7.96. The van der Waals surface area contributed by atoms with Gasteiger partial charge in [0.1, 0.15) is 5.82 Å². The summed E-state index contributed by atoms with van der Waals surface area (Å²) in [7, 11) is 0. The van der Waals surface area contributed by atoms with Gasteiger partial charge in [-0.2, -0.15) is 10.2 Å². The number of aromatic nitrogens is 2. The number of hydrogen-bond acceptors (Lipinski definition) is 4. The smallest absolute Gasteiger partial charge is 0.255 e. The van der Waals surface area contributed by atoms with Crippen molar-refractivity contribution in [3.63, 3.8) is 0 Å². The van der Waals surface area contributed by atoms with Crippen molar-refractivity contribution in [2.45, 2.75) is 19.4 Å². The summed E-state index contributed by atoms with van der Waals surface area (Å²) in [5.74, 6) is -0.356. The number of benzene rings is 1. The van der Waals surface area contributed by atoms with Crippen molar-refractivity contribution in [3.05, 3.63) is 59.7 Å². The maximum absolute atomic E-state index is 13.4. The highest BCUT2D eigenvalue weighted by Crippen LogP contribution is 2.41. The second-order valence-corrected chi connectivity index (χ2v) is 6.99. The lowest BCUT2D eigenvalue weighted by atomic mass is 9.85. The number of likely N-dealkylation sites (tertiary alicyclic amines) is 2. The molecule has 0 unspecified atom stereocenters. The van der Waals surface area contributed by atoms with Crippen LogP contribution in [0.15, 0.2) is 42.7 Å². The Morgan fingerprint density at radius 1 is 1.19 bits per heavy atom. The molecule has 6 nitrogen and oxygen atoms in total. The Balaban J connectivity index is 1.45. The molecule has 26 heavy (non-hydrogen) atoms. The van der Waals surface area contributed by atoms with E-state index in [-0.39, 0.29) is 17.6 Å². The van der Waals surface area contributed by atoms with E-state index in [9.17, 15) is 14.0 Å². The molecule has 4 rings (SSSR count). The lowest BCUT2D eigenvalue weighted by Gasteiger charge is -2.23. The number of halogens is 1. The SMILES string of the molecule is O=C(c1ccnnc1)N1CC[C@@]2(CCN(Cc3cccc(F)c3)C2=O)C1. The van der Waals surface area contributed by atoms with Gasteiger partial charge in [-0.3, -0.25) is 9.59 Å². The highest BCUT2D eigenvalue weighted by atomic mass is 19.1. The van der Waals surface area contributed by atoms with Crippen LogP contribution in [-0.2, 0) is 11.3 Å². The molecule has 0 N–H and O–H groups in total. The predicted octanol–water partition coefficient (Wildman–Crippen LogP) is 1.88. The number of carbonyl (C=O) groups is 2. The quantitative estimate of drug-likeness (QED) is 0.844. The van der Waals surface area contributed by atoms with E-state index in [0.717, 1.165) is 12.0 Å². The lowest BCUT2D eigenvalue weighted by molar-refractivity contribution is -0.135. The average Bonchev–Trinajstić information content (AvgIpc) is 3.22. The van der Waals surface area contributed by atoms with Crippen LogP contribution < -0.4 is 0 Å².